The van der Waals surface area contributed by atoms with Gasteiger partial charge in [0.2, 0.25) is 0 Å². The summed E-state index contributed by atoms with van der Waals surface area (Å²) in [5.74, 6) is 0.499. The van der Waals surface area contributed by atoms with Gasteiger partial charge in [-0.05, 0) is 50.0 Å². The van der Waals surface area contributed by atoms with Gasteiger partial charge in [0.05, 0.1) is 48.9 Å². The van der Waals surface area contributed by atoms with E-state index in [9.17, 15) is 9.59 Å². The standard InChI is InChI=1S/C35H36N6O5/c1-5-9-29-23(2)34(42)40(35(29)43)14-8-13-39(26-16-27(44-3)19-28(17-26)45-4)25-11-12-30-31(18-25)38-32(21-36-30)24-20-37-41(22-24)33-10-6-7-15-46-33/h5,9,11-12,16-22,33H,1-2,6-8,10,13-15H2,3-4H3/b29-9+. The van der Waals surface area contributed by atoms with Crippen molar-refractivity contribution < 1.29 is 23.8 Å². The molecule has 1 atom stereocenters. The molecule has 0 spiro atoms. The Kier molecular flexibility index (Phi) is 8.93. The predicted molar refractivity (Wildman–Crippen MR) is 175 cm³/mol. The number of aromatic nitrogens is 4. The van der Waals surface area contributed by atoms with Crippen LogP contribution in [-0.4, -0.2) is 70.4 Å². The van der Waals surface area contributed by atoms with Crippen molar-refractivity contribution >= 4 is 34.2 Å². The van der Waals surface area contributed by atoms with Crippen LogP contribution in [0.2, 0.25) is 0 Å². The molecule has 4 aromatic rings. The highest BCUT2D eigenvalue weighted by Crippen LogP contribution is 2.35. The predicted octanol–water partition coefficient (Wildman–Crippen LogP) is 5.78. The first-order chi connectivity index (χ1) is 22.4. The fraction of sp³-hybridized carbons (Fsp3) is 0.286. The maximum Gasteiger partial charge on any atom is 0.261 e. The number of hydrogen-bond acceptors (Lipinski definition) is 9. The first-order valence-corrected chi connectivity index (χ1v) is 15.2. The molecule has 2 saturated heterocycles. The lowest BCUT2D eigenvalue weighted by molar-refractivity contribution is -0.136. The van der Waals surface area contributed by atoms with Crippen LogP contribution >= 0.6 is 0 Å². The molecular weight excluding hydrogens is 584 g/mol. The molecule has 236 valence electrons. The summed E-state index contributed by atoms with van der Waals surface area (Å²) >= 11 is 0. The SMILES string of the molecule is C=C/C=C1\C(=C)C(=O)N(CCCN(c2cc(OC)cc(OC)c2)c2ccc3ncc(-c4cnn(C5CCCCO5)c4)nc3c2)C1=O. The Morgan fingerprint density at radius 2 is 1.83 bits per heavy atom. The van der Waals surface area contributed by atoms with Crippen LogP contribution in [0.4, 0.5) is 11.4 Å². The molecule has 2 aromatic heterocycles. The number of methoxy groups -OCH3 is 2. The Bertz CT molecular complexity index is 1820. The minimum Gasteiger partial charge on any atom is -0.497 e. The average Bonchev–Trinajstić information content (AvgIpc) is 3.66. The molecule has 46 heavy (non-hydrogen) atoms. The van der Waals surface area contributed by atoms with Crippen molar-refractivity contribution in [3.63, 3.8) is 0 Å². The third-order valence-corrected chi connectivity index (χ3v) is 8.19. The van der Waals surface area contributed by atoms with Gasteiger partial charge in [0.15, 0.2) is 0 Å². The second-order valence-corrected chi connectivity index (χ2v) is 11.1. The van der Waals surface area contributed by atoms with Crippen molar-refractivity contribution in [2.75, 3.05) is 38.8 Å². The maximum atomic E-state index is 12.9. The highest BCUT2D eigenvalue weighted by molar-refractivity contribution is 6.24. The fourth-order valence-electron chi connectivity index (χ4n) is 5.75. The van der Waals surface area contributed by atoms with E-state index in [4.69, 9.17) is 19.2 Å². The van der Waals surface area contributed by atoms with Gasteiger partial charge in [0.25, 0.3) is 11.8 Å². The number of carbonyl (C=O) groups excluding carboxylic acids is 2. The second kappa shape index (κ2) is 13.4. The van der Waals surface area contributed by atoms with E-state index in [0.717, 1.165) is 48.3 Å². The molecule has 0 N–H and O–H groups in total. The van der Waals surface area contributed by atoms with Gasteiger partial charge < -0.3 is 19.1 Å². The van der Waals surface area contributed by atoms with Crippen molar-refractivity contribution in [3.05, 3.63) is 91.4 Å². The lowest BCUT2D eigenvalue weighted by atomic mass is 10.1. The van der Waals surface area contributed by atoms with Gasteiger partial charge in [0.1, 0.15) is 17.7 Å². The maximum absolute atomic E-state index is 12.9. The third-order valence-electron chi connectivity index (χ3n) is 8.19. The van der Waals surface area contributed by atoms with E-state index in [2.05, 4.69) is 28.1 Å². The largest absolute Gasteiger partial charge is 0.497 e. The number of fused-ring (bicyclic) bond motifs is 1. The molecule has 2 aliphatic rings. The Balaban J connectivity index is 1.31. The minimum absolute atomic E-state index is 0.0651. The van der Waals surface area contributed by atoms with Gasteiger partial charge in [0, 0.05) is 66.6 Å². The van der Waals surface area contributed by atoms with Crippen molar-refractivity contribution in [2.24, 2.45) is 0 Å². The molecule has 2 aromatic carbocycles. The van der Waals surface area contributed by atoms with Crippen LogP contribution in [0.3, 0.4) is 0 Å². The van der Waals surface area contributed by atoms with Gasteiger partial charge in [-0.1, -0.05) is 19.2 Å². The average molecular weight is 621 g/mol. The summed E-state index contributed by atoms with van der Waals surface area (Å²) in [5.41, 5.74) is 5.12. The normalized spacial score (nSPS) is 17.6. The number of amides is 2. The zero-order valence-electron chi connectivity index (χ0n) is 26.0. The van der Waals surface area contributed by atoms with E-state index in [1.165, 1.54) is 17.1 Å². The highest BCUT2D eigenvalue weighted by Gasteiger charge is 2.36. The Labute approximate surface area is 267 Å². The van der Waals surface area contributed by atoms with Crippen LogP contribution in [-0.2, 0) is 14.3 Å². The van der Waals surface area contributed by atoms with Crippen LogP contribution in [0.25, 0.3) is 22.3 Å². The third kappa shape index (κ3) is 6.14. The lowest BCUT2D eigenvalue weighted by Gasteiger charge is -2.27. The molecule has 0 saturated carbocycles. The summed E-state index contributed by atoms with van der Waals surface area (Å²) in [4.78, 5) is 38.7. The number of allylic oxidation sites excluding steroid dienone is 2. The lowest BCUT2D eigenvalue weighted by Crippen LogP contribution is -2.32. The summed E-state index contributed by atoms with van der Waals surface area (Å²) in [5, 5.41) is 4.54. The zero-order valence-corrected chi connectivity index (χ0v) is 26.0. The fourth-order valence-corrected chi connectivity index (χ4v) is 5.75. The van der Waals surface area contributed by atoms with Crippen LogP contribution in [0.1, 0.15) is 31.9 Å². The number of nitrogens with zero attached hydrogens (tertiary/aromatic N) is 6. The minimum atomic E-state index is -0.389. The van der Waals surface area contributed by atoms with E-state index < -0.39 is 0 Å². The number of likely N-dealkylation sites (tertiary alicyclic amines) is 1. The van der Waals surface area contributed by atoms with Crippen molar-refractivity contribution in [1.82, 2.24) is 24.6 Å². The van der Waals surface area contributed by atoms with E-state index in [1.807, 2.05) is 41.2 Å². The molecule has 0 bridgehead atoms. The number of rotatable bonds is 11. The van der Waals surface area contributed by atoms with Gasteiger partial charge in [-0.2, -0.15) is 5.10 Å². The summed E-state index contributed by atoms with van der Waals surface area (Å²) in [6.45, 7) is 8.87. The monoisotopic (exact) mass is 620 g/mol. The van der Waals surface area contributed by atoms with E-state index in [0.29, 0.717) is 35.7 Å². The van der Waals surface area contributed by atoms with Crippen molar-refractivity contribution in [2.45, 2.75) is 31.9 Å². The molecule has 2 amide bonds. The number of anilines is 2. The number of ether oxygens (including phenoxy) is 3. The number of benzene rings is 2. The Morgan fingerprint density at radius 1 is 1.02 bits per heavy atom. The van der Waals surface area contributed by atoms with Crippen LogP contribution in [0.5, 0.6) is 11.5 Å². The Morgan fingerprint density at radius 3 is 2.54 bits per heavy atom. The molecular formula is C35H36N6O5. The summed E-state index contributed by atoms with van der Waals surface area (Å²) < 4.78 is 18.9. The summed E-state index contributed by atoms with van der Waals surface area (Å²) in [6.07, 6.45) is 12.0. The first kappa shape index (κ1) is 30.7. The van der Waals surface area contributed by atoms with Crippen molar-refractivity contribution in [1.29, 1.82) is 0 Å². The van der Waals surface area contributed by atoms with Crippen LogP contribution < -0.4 is 14.4 Å². The van der Waals surface area contributed by atoms with Crippen LogP contribution in [0, 0.1) is 0 Å². The molecule has 0 radical (unpaired) electrons. The second-order valence-electron chi connectivity index (χ2n) is 11.1. The van der Waals surface area contributed by atoms with Gasteiger partial charge in [-0.3, -0.25) is 19.5 Å². The van der Waals surface area contributed by atoms with E-state index in [1.54, 1.807) is 32.7 Å². The summed E-state index contributed by atoms with van der Waals surface area (Å²) in [6, 6.07) is 11.5. The van der Waals surface area contributed by atoms with Crippen molar-refractivity contribution in [3.8, 4) is 22.8 Å². The summed E-state index contributed by atoms with van der Waals surface area (Å²) in [7, 11) is 3.20. The highest BCUT2D eigenvalue weighted by atomic mass is 16.5. The smallest absolute Gasteiger partial charge is 0.261 e. The zero-order chi connectivity index (χ0) is 32.2. The molecule has 0 aliphatic carbocycles. The van der Waals surface area contributed by atoms with Gasteiger partial charge in [-0.15, -0.1) is 0 Å². The van der Waals surface area contributed by atoms with E-state index >= 15 is 0 Å². The molecule has 2 aliphatic heterocycles. The molecule has 6 rings (SSSR count). The molecule has 11 nitrogen and oxygen atoms in total. The molecule has 4 heterocycles. The molecule has 11 heteroatoms. The number of hydrogen-bond donors (Lipinski definition) is 0. The quantitative estimate of drug-likeness (QED) is 0.152. The van der Waals surface area contributed by atoms with Gasteiger partial charge in [-0.25, -0.2) is 9.67 Å². The van der Waals surface area contributed by atoms with Gasteiger partial charge >= 0.3 is 0 Å². The number of carbonyl (C=O) groups is 2. The van der Waals surface area contributed by atoms with Crippen LogP contribution in [0.15, 0.2) is 91.4 Å². The molecule has 1 unspecified atom stereocenters. The van der Waals surface area contributed by atoms with E-state index in [-0.39, 0.29) is 35.7 Å². The number of imide groups is 1. The first-order valence-electron chi connectivity index (χ1n) is 15.2. The topological polar surface area (TPSA) is 112 Å². The molecule has 2 fully saturated rings. The Hall–Kier alpha value is -5.29.